The van der Waals surface area contributed by atoms with Gasteiger partial charge in [-0.1, -0.05) is 78.9 Å². The zero-order chi connectivity index (χ0) is 24.0. The van der Waals surface area contributed by atoms with Crippen LogP contribution >= 0.6 is 0 Å². The van der Waals surface area contributed by atoms with Gasteiger partial charge in [0.05, 0.1) is 6.61 Å². The van der Waals surface area contributed by atoms with Gasteiger partial charge in [0.1, 0.15) is 0 Å². The van der Waals surface area contributed by atoms with Crippen molar-refractivity contribution in [3.8, 4) is 0 Å². The van der Waals surface area contributed by atoms with Crippen molar-refractivity contribution in [2.24, 2.45) is 5.41 Å². The number of esters is 1. The SMILES string of the molecule is CCOC(=O)C1(C=C(c2ccccc2)c2ccccc2)CN(C(=O)c2ccccc2)CCC1=O. The van der Waals surface area contributed by atoms with Crippen LogP contribution in [0.4, 0.5) is 0 Å². The average Bonchev–Trinajstić information content (AvgIpc) is 2.89. The number of nitrogens with zero attached hydrogens (tertiary/aromatic N) is 1. The van der Waals surface area contributed by atoms with Gasteiger partial charge in [-0.25, -0.2) is 0 Å². The molecule has 1 amide bonds. The lowest BCUT2D eigenvalue weighted by molar-refractivity contribution is -0.159. The summed E-state index contributed by atoms with van der Waals surface area (Å²) in [7, 11) is 0. The van der Waals surface area contributed by atoms with E-state index in [4.69, 9.17) is 4.74 Å². The summed E-state index contributed by atoms with van der Waals surface area (Å²) in [5.74, 6) is -1.08. The van der Waals surface area contributed by atoms with Crippen molar-refractivity contribution in [2.45, 2.75) is 13.3 Å². The number of carbonyl (C=O) groups excluding carboxylic acids is 3. The molecule has 1 heterocycles. The van der Waals surface area contributed by atoms with E-state index in [9.17, 15) is 14.4 Å². The van der Waals surface area contributed by atoms with E-state index in [1.54, 1.807) is 42.2 Å². The Kier molecular flexibility index (Phi) is 7.02. The quantitative estimate of drug-likeness (QED) is 0.398. The molecule has 172 valence electrons. The van der Waals surface area contributed by atoms with Gasteiger partial charge in [-0.3, -0.25) is 14.4 Å². The number of benzene rings is 3. The molecule has 1 atom stereocenters. The first-order valence-electron chi connectivity index (χ1n) is 11.4. The Bertz CT molecular complexity index is 1150. The molecule has 0 bridgehead atoms. The van der Waals surface area contributed by atoms with E-state index in [0.717, 1.165) is 16.7 Å². The molecule has 1 aliphatic rings. The van der Waals surface area contributed by atoms with Crippen molar-refractivity contribution in [1.29, 1.82) is 0 Å². The molecule has 0 spiro atoms. The zero-order valence-corrected chi connectivity index (χ0v) is 19.1. The summed E-state index contributed by atoms with van der Waals surface area (Å²) in [6.45, 7) is 2.04. The van der Waals surface area contributed by atoms with E-state index in [2.05, 4.69) is 0 Å². The first kappa shape index (κ1) is 23.2. The summed E-state index contributed by atoms with van der Waals surface area (Å²) in [4.78, 5) is 41.7. The molecular formula is C29H27NO4. The number of hydrogen-bond acceptors (Lipinski definition) is 4. The standard InChI is InChI=1S/C29H27NO4/c1-2-34-28(33)29(20-25(22-12-6-3-7-13-22)23-14-8-4-9-15-23)21-30(19-18-26(29)31)27(32)24-16-10-5-11-17-24/h3-17,20H,2,18-19,21H2,1H3. The maximum Gasteiger partial charge on any atom is 0.325 e. The van der Waals surface area contributed by atoms with E-state index in [1.807, 2.05) is 66.7 Å². The van der Waals surface area contributed by atoms with Crippen molar-refractivity contribution in [3.05, 3.63) is 114 Å². The normalized spacial score (nSPS) is 17.7. The fourth-order valence-electron chi connectivity index (χ4n) is 4.30. The summed E-state index contributed by atoms with van der Waals surface area (Å²) < 4.78 is 5.42. The van der Waals surface area contributed by atoms with Gasteiger partial charge in [0, 0.05) is 25.1 Å². The van der Waals surface area contributed by atoms with E-state index in [-0.39, 0.29) is 37.8 Å². The number of likely N-dealkylation sites (tertiary alicyclic amines) is 1. The fraction of sp³-hybridized carbons (Fsp3) is 0.207. The molecule has 3 aromatic carbocycles. The number of piperidine rings is 1. The molecule has 34 heavy (non-hydrogen) atoms. The third kappa shape index (κ3) is 4.69. The van der Waals surface area contributed by atoms with E-state index in [1.165, 1.54) is 0 Å². The van der Waals surface area contributed by atoms with E-state index < -0.39 is 11.4 Å². The van der Waals surface area contributed by atoms with Crippen molar-refractivity contribution in [1.82, 2.24) is 4.90 Å². The number of ketones is 1. The van der Waals surface area contributed by atoms with Gasteiger partial charge in [-0.15, -0.1) is 0 Å². The highest BCUT2D eigenvalue weighted by Gasteiger charge is 2.50. The minimum atomic E-state index is -1.60. The summed E-state index contributed by atoms with van der Waals surface area (Å²) in [6, 6.07) is 28.2. The molecule has 1 aliphatic heterocycles. The largest absolute Gasteiger partial charge is 0.465 e. The van der Waals surface area contributed by atoms with Gasteiger partial charge in [0.15, 0.2) is 11.2 Å². The van der Waals surface area contributed by atoms with Crippen LogP contribution in [0, 0.1) is 5.41 Å². The number of ether oxygens (including phenoxy) is 1. The molecule has 3 aromatic rings. The summed E-state index contributed by atoms with van der Waals surface area (Å²) >= 11 is 0. The molecule has 1 fully saturated rings. The van der Waals surface area contributed by atoms with Crippen LogP contribution in [-0.2, 0) is 14.3 Å². The average molecular weight is 454 g/mol. The molecule has 1 saturated heterocycles. The summed E-state index contributed by atoms with van der Waals surface area (Å²) in [5, 5.41) is 0. The number of rotatable bonds is 6. The summed E-state index contributed by atoms with van der Waals surface area (Å²) in [5.41, 5.74) is 1.41. The Morgan fingerprint density at radius 1 is 0.853 bits per heavy atom. The number of carbonyl (C=O) groups is 3. The van der Waals surface area contributed by atoms with Crippen LogP contribution in [-0.4, -0.2) is 42.3 Å². The van der Waals surface area contributed by atoms with Crippen LogP contribution in [0.25, 0.3) is 5.57 Å². The molecule has 0 saturated carbocycles. The van der Waals surface area contributed by atoms with Crippen molar-refractivity contribution < 1.29 is 19.1 Å². The Hall–Kier alpha value is -3.99. The Balaban J connectivity index is 1.85. The monoisotopic (exact) mass is 453 g/mol. The van der Waals surface area contributed by atoms with Gasteiger partial charge >= 0.3 is 5.97 Å². The minimum Gasteiger partial charge on any atom is -0.465 e. The maximum atomic E-state index is 13.5. The van der Waals surface area contributed by atoms with Crippen LogP contribution < -0.4 is 0 Å². The number of amides is 1. The lowest BCUT2D eigenvalue weighted by Crippen LogP contribution is -2.55. The minimum absolute atomic E-state index is 0.0679. The maximum absolute atomic E-state index is 13.5. The molecular weight excluding hydrogens is 426 g/mol. The van der Waals surface area contributed by atoms with Gasteiger partial charge in [0.2, 0.25) is 0 Å². The molecule has 0 N–H and O–H groups in total. The van der Waals surface area contributed by atoms with Gasteiger partial charge in [-0.05, 0) is 41.8 Å². The second kappa shape index (κ2) is 10.3. The molecule has 0 aromatic heterocycles. The van der Waals surface area contributed by atoms with Crippen LogP contribution in [0.1, 0.15) is 34.8 Å². The third-order valence-corrected chi connectivity index (χ3v) is 6.05. The van der Waals surface area contributed by atoms with Crippen LogP contribution in [0.2, 0.25) is 0 Å². The third-order valence-electron chi connectivity index (χ3n) is 6.05. The van der Waals surface area contributed by atoms with Crippen LogP contribution in [0.3, 0.4) is 0 Å². The molecule has 0 aliphatic carbocycles. The Labute approximate surface area is 199 Å². The Morgan fingerprint density at radius 2 is 1.35 bits per heavy atom. The van der Waals surface area contributed by atoms with E-state index in [0.29, 0.717) is 5.56 Å². The van der Waals surface area contributed by atoms with Crippen molar-refractivity contribution >= 4 is 23.2 Å². The smallest absolute Gasteiger partial charge is 0.325 e. The second-order valence-electron chi connectivity index (χ2n) is 8.25. The fourth-order valence-corrected chi connectivity index (χ4v) is 4.30. The molecule has 4 rings (SSSR count). The van der Waals surface area contributed by atoms with Crippen LogP contribution in [0.15, 0.2) is 97.1 Å². The first-order valence-corrected chi connectivity index (χ1v) is 11.4. The number of hydrogen-bond donors (Lipinski definition) is 0. The van der Waals surface area contributed by atoms with Gasteiger partial charge in [0.25, 0.3) is 5.91 Å². The highest BCUT2D eigenvalue weighted by Crippen LogP contribution is 2.36. The van der Waals surface area contributed by atoms with E-state index >= 15 is 0 Å². The first-order chi connectivity index (χ1) is 16.5. The van der Waals surface area contributed by atoms with Gasteiger partial charge in [-0.2, -0.15) is 0 Å². The number of Topliss-reactive ketones (excluding diaryl/α,β-unsaturated/α-hetero) is 1. The molecule has 5 nitrogen and oxygen atoms in total. The van der Waals surface area contributed by atoms with Crippen LogP contribution in [0.5, 0.6) is 0 Å². The lowest BCUT2D eigenvalue weighted by Gasteiger charge is -2.38. The highest BCUT2D eigenvalue weighted by molar-refractivity contribution is 6.10. The molecule has 0 radical (unpaired) electrons. The van der Waals surface area contributed by atoms with Crippen molar-refractivity contribution in [3.63, 3.8) is 0 Å². The topological polar surface area (TPSA) is 63.7 Å². The second-order valence-corrected chi connectivity index (χ2v) is 8.25. The lowest BCUT2D eigenvalue weighted by atomic mass is 9.75. The molecule has 1 unspecified atom stereocenters. The zero-order valence-electron chi connectivity index (χ0n) is 19.1. The Morgan fingerprint density at radius 3 is 1.85 bits per heavy atom. The predicted molar refractivity (Wildman–Crippen MR) is 131 cm³/mol. The molecule has 5 heteroatoms. The summed E-state index contributed by atoms with van der Waals surface area (Å²) in [6.07, 6.45) is 1.78. The van der Waals surface area contributed by atoms with Crippen molar-refractivity contribution in [2.75, 3.05) is 19.7 Å². The highest BCUT2D eigenvalue weighted by atomic mass is 16.5. The predicted octanol–water partition coefficient (Wildman–Crippen LogP) is 4.78. The van der Waals surface area contributed by atoms with Gasteiger partial charge < -0.3 is 9.64 Å².